The first kappa shape index (κ1) is 10.4. The molecule has 0 heterocycles. The molecule has 66 valence electrons. The maximum Gasteiger partial charge on any atom is 0.307 e. The van der Waals surface area contributed by atoms with E-state index in [-0.39, 0.29) is 12.0 Å². The van der Waals surface area contributed by atoms with Gasteiger partial charge in [0.15, 0.2) is 0 Å². The molecule has 0 amide bonds. The highest BCUT2D eigenvalue weighted by Crippen LogP contribution is 2.08. The van der Waals surface area contributed by atoms with Crippen molar-refractivity contribution >= 4 is 5.97 Å². The molecule has 0 radical (unpaired) electrons. The maximum absolute atomic E-state index is 10.5. The third-order valence-corrected chi connectivity index (χ3v) is 2.31. The van der Waals surface area contributed by atoms with Crippen LogP contribution in [-0.4, -0.2) is 35.6 Å². The molecule has 3 nitrogen and oxygen atoms in total. The molecule has 0 saturated heterocycles. The van der Waals surface area contributed by atoms with Gasteiger partial charge in [-0.3, -0.25) is 4.79 Å². The van der Waals surface area contributed by atoms with Crippen LogP contribution < -0.4 is 0 Å². The summed E-state index contributed by atoms with van der Waals surface area (Å²) in [6.07, 6.45) is 0. The molecule has 1 N–H and O–H groups in total. The van der Waals surface area contributed by atoms with E-state index in [1.54, 1.807) is 6.92 Å². The van der Waals surface area contributed by atoms with E-state index < -0.39 is 5.97 Å². The van der Waals surface area contributed by atoms with Gasteiger partial charge in [0.25, 0.3) is 0 Å². The van der Waals surface area contributed by atoms with Gasteiger partial charge in [0, 0.05) is 6.04 Å². The van der Waals surface area contributed by atoms with Gasteiger partial charge < -0.3 is 10.0 Å². The van der Waals surface area contributed by atoms with E-state index in [1.807, 2.05) is 25.8 Å². The highest BCUT2D eigenvalue weighted by atomic mass is 16.4. The van der Waals surface area contributed by atoms with Crippen molar-refractivity contribution < 1.29 is 9.90 Å². The van der Waals surface area contributed by atoms with Crippen molar-refractivity contribution in [2.45, 2.75) is 26.8 Å². The quantitative estimate of drug-likeness (QED) is 0.666. The lowest BCUT2D eigenvalue weighted by molar-refractivity contribution is -0.143. The van der Waals surface area contributed by atoms with Crippen LogP contribution in [0.1, 0.15) is 20.8 Å². The Kier molecular flexibility index (Phi) is 4.11. The van der Waals surface area contributed by atoms with Crippen molar-refractivity contribution in [1.82, 2.24) is 4.90 Å². The predicted octanol–water partition coefficient (Wildman–Crippen LogP) is 1.05. The standard InChI is InChI=1S/C8H17NO2/c1-5-9(4)7(3)6(2)8(10)11/h6-7H,5H2,1-4H3,(H,10,11). The number of aliphatic carboxylic acids is 1. The van der Waals surface area contributed by atoms with Crippen LogP contribution >= 0.6 is 0 Å². The van der Waals surface area contributed by atoms with Gasteiger partial charge in [-0.1, -0.05) is 13.8 Å². The van der Waals surface area contributed by atoms with Crippen LogP contribution in [-0.2, 0) is 4.79 Å². The Labute approximate surface area is 68.0 Å². The maximum atomic E-state index is 10.5. The molecule has 2 atom stereocenters. The number of hydrogen-bond donors (Lipinski definition) is 1. The highest BCUT2D eigenvalue weighted by molar-refractivity contribution is 5.70. The molecule has 0 aliphatic carbocycles. The normalized spacial score (nSPS) is 16.5. The number of rotatable bonds is 4. The fourth-order valence-corrected chi connectivity index (χ4v) is 0.876. The van der Waals surface area contributed by atoms with E-state index >= 15 is 0 Å². The average Bonchev–Trinajstić information content (AvgIpc) is 2.00. The molecule has 0 aliphatic rings. The summed E-state index contributed by atoms with van der Waals surface area (Å²) in [5.74, 6) is -1.02. The van der Waals surface area contributed by atoms with Crippen LogP contribution in [0.4, 0.5) is 0 Å². The van der Waals surface area contributed by atoms with Gasteiger partial charge in [-0.05, 0) is 20.5 Å². The minimum absolute atomic E-state index is 0.109. The third-order valence-electron chi connectivity index (χ3n) is 2.31. The van der Waals surface area contributed by atoms with Crippen LogP contribution in [0.3, 0.4) is 0 Å². The Morgan fingerprint density at radius 1 is 1.55 bits per heavy atom. The summed E-state index contributed by atoms with van der Waals surface area (Å²) in [7, 11) is 1.93. The number of carboxylic acids is 1. The number of hydrogen-bond acceptors (Lipinski definition) is 2. The van der Waals surface area contributed by atoms with Crippen molar-refractivity contribution in [3.05, 3.63) is 0 Å². The fourth-order valence-electron chi connectivity index (χ4n) is 0.876. The van der Waals surface area contributed by atoms with Crippen molar-refractivity contribution in [3.8, 4) is 0 Å². The van der Waals surface area contributed by atoms with Gasteiger partial charge in [-0.2, -0.15) is 0 Å². The van der Waals surface area contributed by atoms with Crippen molar-refractivity contribution in [2.24, 2.45) is 5.92 Å². The first-order chi connectivity index (χ1) is 5.00. The third kappa shape index (κ3) is 2.89. The minimum Gasteiger partial charge on any atom is -0.481 e. The van der Waals surface area contributed by atoms with Crippen LogP contribution in [0.25, 0.3) is 0 Å². The van der Waals surface area contributed by atoms with Crippen LogP contribution in [0.2, 0.25) is 0 Å². The lowest BCUT2D eigenvalue weighted by atomic mass is 10.0. The first-order valence-corrected chi connectivity index (χ1v) is 3.93. The summed E-state index contributed by atoms with van der Waals surface area (Å²) in [6, 6.07) is 0.109. The number of nitrogens with zero attached hydrogens (tertiary/aromatic N) is 1. The molecule has 0 spiro atoms. The fraction of sp³-hybridized carbons (Fsp3) is 0.875. The molecular weight excluding hydrogens is 142 g/mol. The Bertz CT molecular complexity index is 136. The van der Waals surface area contributed by atoms with Gasteiger partial charge in [-0.25, -0.2) is 0 Å². The van der Waals surface area contributed by atoms with Crippen LogP contribution in [0, 0.1) is 5.92 Å². The predicted molar refractivity (Wildman–Crippen MR) is 44.6 cm³/mol. The van der Waals surface area contributed by atoms with Gasteiger partial charge in [-0.15, -0.1) is 0 Å². The van der Waals surface area contributed by atoms with Crippen LogP contribution in [0.5, 0.6) is 0 Å². The molecule has 0 aromatic carbocycles. The second-order valence-electron chi connectivity index (χ2n) is 2.94. The molecule has 11 heavy (non-hydrogen) atoms. The molecule has 0 aliphatic heterocycles. The van der Waals surface area contributed by atoms with Crippen molar-refractivity contribution in [2.75, 3.05) is 13.6 Å². The van der Waals surface area contributed by atoms with Gasteiger partial charge in [0.1, 0.15) is 0 Å². The van der Waals surface area contributed by atoms with Gasteiger partial charge >= 0.3 is 5.97 Å². The molecule has 0 saturated carbocycles. The lowest BCUT2D eigenvalue weighted by Crippen LogP contribution is -2.37. The smallest absolute Gasteiger partial charge is 0.307 e. The first-order valence-electron chi connectivity index (χ1n) is 3.93. The number of carbonyl (C=O) groups is 1. The molecule has 0 bridgehead atoms. The zero-order valence-corrected chi connectivity index (χ0v) is 7.66. The molecule has 0 fully saturated rings. The lowest BCUT2D eigenvalue weighted by Gasteiger charge is -2.25. The Morgan fingerprint density at radius 2 is 2.00 bits per heavy atom. The second kappa shape index (κ2) is 4.34. The Hall–Kier alpha value is -0.570. The topological polar surface area (TPSA) is 40.5 Å². The summed E-state index contributed by atoms with van der Waals surface area (Å²) in [5.41, 5.74) is 0. The van der Waals surface area contributed by atoms with Crippen LogP contribution in [0.15, 0.2) is 0 Å². The zero-order valence-electron chi connectivity index (χ0n) is 7.66. The van der Waals surface area contributed by atoms with E-state index in [0.29, 0.717) is 0 Å². The van der Waals surface area contributed by atoms with Crippen molar-refractivity contribution in [1.29, 1.82) is 0 Å². The van der Waals surface area contributed by atoms with E-state index in [1.165, 1.54) is 0 Å². The van der Waals surface area contributed by atoms with E-state index in [4.69, 9.17) is 5.11 Å². The summed E-state index contributed by atoms with van der Waals surface area (Å²) in [6.45, 7) is 6.57. The van der Waals surface area contributed by atoms with Gasteiger partial charge in [0.2, 0.25) is 0 Å². The minimum atomic E-state index is -0.724. The van der Waals surface area contributed by atoms with E-state index in [2.05, 4.69) is 0 Å². The summed E-state index contributed by atoms with van der Waals surface area (Å²) in [5, 5.41) is 8.67. The SMILES string of the molecule is CCN(C)C(C)C(C)C(=O)O. The molecule has 3 heteroatoms. The monoisotopic (exact) mass is 159 g/mol. The van der Waals surface area contributed by atoms with Gasteiger partial charge in [0.05, 0.1) is 5.92 Å². The second-order valence-corrected chi connectivity index (χ2v) is 2.94. The largest absolute Gasteiger partial charge is 0.481 e. The van der Waals surface area contributed by atoms with Crippen molar-refractivity contribution in [3.63, 3.8) is 0 Å². The summed E-state index contributed by atoms with van der Waals surface area (Å²) >= 11 is 0. The van der Waals surface area contributed by atoms with E-state index in [0.717, 1.165) is 6.54 Å². The zero-order chi connectivity index (χ0) is 9.02. The molecule has 0 aromatic rings. The molecule has 0 aromatic heterocycles. The highest BCUT2D eigenvalue weighted by Gasteiger charge is 2.21. The molecular formula is C8H17NO2. The Morgan fingerprint density at radius 3 is 2.27 bits per heavy atom. The molecule has 2 unspecified atom stereocenters. The Balaban J connectivity index is 4.00. The number of carboxylic acid groups (broad SMARTS) is 1. The molecule has 0 rings (SSSR count). The average molecular weight is 159 g/mol. The summed E-state index contributed by atoms with van der Waals surface area (Å²) in [4.78, 5) is 12.6. The summed E-state index contributed by atoms with van der Waals surface area (Å²) < 4.78 is 0. The van der Waals surface area contributed by atoms with E-state index in [9.17, 15) is 4.79 Å².